The van der Waals surface area contributed by atoms with Gasteiger partial charge in [0.15, 0.2) is 0 Å². The second kappa shape index (κ2) is 8.48. The number of amides is 2. The van der Waals surface area contributed by atoms with Gasteiger partial charge in [0, 0.05) is 36.0 Å². The van der Waals surface area contributed by atoms with Gasteiger partial charge in [-0.3, -0.25) is 14.6 Å². The predicted molar refractivity (Wildman–Crippen MR) is 113 cm³/mol. The Morgan fingerprint density at radius 2 is 1.82 bits per heavy atom. The molecule has 0 spiro atoms. The largest absolute Gasteiger partial charge is 0.333 e. The number of rotatable bonds is 5. The quantitative estimate of drug-likeness (QED) is 0.689. The second-order valence-electron chi connectivity index (χ2n) is 6.75. The maximum atomic E-state index is 12.4. The molecule has 0 aliphatic carbocycles. The van der Waals surface area contributed by atoms with Crippen molar-refractivity contribution in [1.82, 2.24) is 9.88 Å². The van der Waals surface area contributed by atoms with Crippen LogP contribution in [0.5, 0.6) is 0 Å². The molecule has 0 saturated heterocycles. The van der Waals surface area contributed by atoms with Gasteiger partial charge < -0.3 is 10.2 Å². The Morgan fingerprint density at radius 1 is 1.07 bits per heavy atom. The van der Waals surface area contributed by atoms with Crippen molar-refractivity contribution >= 4 is 34.5 Å². The van der Waals surface area contributed by atoms with Gasteiger partial charge in [0.25, 0.3) is 0 Å². The molecule has 28 heavy (non-hydrogen) atoms. The van der Waals surface area contributed by atoms with Crippen LogP contribution in [0.1, 0.15) is 16.7 Å². The van der Waals surface area contributed by atoms with Gasteiger partial charge in [-0.05, 0) is 43.2 Å². The number of nitrogens with zero attached hydrogens (tertiary/aromatic N) is 2. The lowest BCUT2D eigenvalue weighted by molar-refractivity contribution is -0.129. The first-order valence-corrected chi connectivity index (χ1v) is 9.08. The van der Waals surface area contributed by atoms with E-state index in [1.54, 1.807) is 19.3 Å². The minimum Gasteiger partial charge on any atom is -0.333 e. The molecule has 0 radical (unpaired) electrons. The minimum absolute atomic E-state index is 0.0235. The van der Waals surface area contributed by atoms with Crippen LogP contribution in [-0.2, 0) is 9.59 Å². The van der Waals surface area contributed by atoms with Gasteiger partial charge in [-0.15, -0.1) is 0 Å². The van der Waals surface area contributed by atoms with Gasteiger partial charge in [0.05, 0.1) is 12.1 Å². The molecule has 0 unspecified atom stereocenters. The maximum Gasteiger partial charge on any atom is 0.246 e. The van der Waals surface area contributed by atoms with Crippen molar-refractivity contribution in [1.29, 1.82) is 0 Å². The minimum atomic E-state index is -0.246. The Morgan fingerprint density at radius 3 is 2.64 bits per heavy atom. The zero-order valence-corrected chi connectivity index (χ0v) is 16.3. The number of carbonyl (C=O) groups excluding carboxylic acids is 2. The van der Waals surface area contributed by atoms with Gasteiger partial charge in [0.1, 0.15) is 0 Å². The van der Waals surface area contributed by atoms with E-state index in [1.165, 1.54) is 11.0 Å². The maximum absolute atomic E-state index is 12.4. The van der Waals surface area contributed by atoms with Crippen molar-refractivity contribution in [2.75, 3.05) is 18.9 Å². The van der Waals surface area contributed by atoms with E-state index in [0.29, 0.717) is 0 Å². The van der Waals surface area contributed by atoms with E-state index < -0.39 is 0 Å². The highest BCUT2D eigenvalue weighted by atomic mass is 16.2. The lowest BCUT2D eigenvalue weighted by atomic mass is 10.1. The number of aromatic nitrogens is 1. The van der Waals surface area contributed by atoms with Gasteiger partial charge >= 0.3 is 0 Å². The molecular formula is C23H23N3O2. The molecule has 5 nitrogen and oxygen atoms in total. The van der Waals surface area contributed by atoms with Crippen LogP contribution in [0.4, 0.5) is 5.69 Å². The van der Waals surface area contributed by atoms with Crippen LogP contribution in [0.25, 0.3) is 17.0 Å². The summed E-state index contributed by atoms with van der Waals surface area (Å²) in [4.78, 5) is 30.5. The Balaban J connectivity index is 1.65. The van der Waals surface area contributed by atoms with Crippen molar-refractivity contribution in [2.45, 2.75) is 13.8 Å². The summed E-state index contributed by atoms with van der Waals surface area (Å²) in [5.41, 5.74) is 4.59. The molecular weight excluding hydrogens is 350 g/mol. The summed E-state index contributed by atoms with van der Waals surface area (Å²) < 4.78 is 0. The number of hydrogen-bond acceptors (Lipinski definition) is 3. The zero-order chi connectivity index (χ0) is 20.1. The first-order valence-electron chi connectivity index (χ1n) is 9.08. The third-order valence-electron chi connectivity index (χ3n) is 4.71. The van der Waals surface area contributed by atoms with Gasteiger partial charge in [0.2, 0.25) is 11.8 Å². The molecule has 0 aliphatic heterocycles. The molecule has 0 saturated carbocycles. The highest BCUT2D eigenvalue weighted by molar-refractivity contribution is 5.99. The van der Waals surface area contributed by atoms with E-state index in [4.69, 9.17) is 0 Å². The van der Waals surface area contributed by atoms with Gasteiger partial charge in [-0.25, -0.2) is 0 Å². The number of para-hydroxylation sites is 1. The van der Waals surface area contributed by atoms with Crippen molar-refractivity contribution in [2.24, 2.45) is 0 Å². The third kappa shape index (κ3) is 4.43. The lowest BCUT2D eigenvalue weighted by Crippen LogP contribution is -2.34. The molecule has 1 N–H and O–H groups in total. The first-order chi connectivity index (χ1) is 13.5. The summed E-state index contributed by atoms with van der Waals surface area (Å²) in [6, 6.07) is 15.4. The number of fused-ring (bicyclic) bond motifs is 1. The van der Waals surface area contributed by atoms with E-state index in [1.807, 2.05) is 62.4 Å². The molecule has 0 bridgehead atoms. The van der Waals surface area contributed by atoms with Crippen LogP contribution in [-0.4, -0.2) is 35.3 Å². The molecule has 0 aliphatic rings. The average Bonchev–Trinajstić information content (AvgIpc) is 2.69. The average molecular weight is 373 g/mol. The van der Waals surface area contributed by atoms with Crippen LogP contribution in [0.15, 0.2) is 60.8 Å². The van der Waals surface area contributed by atoms with Crippen LogP contribution in [0.2, 0.25) is 0 Å². The highest BCUT2D eigenvalue weighted by Gasteiger charge is 2.12. The number of anilines is 1. The SMILES string of the molecule is Cc1cccc(NC(=O)CN(C)C(=O)/C=C/c2cccc3cccnc23)c1C. The van der Waals surface area contributed by atoms with E-state index >= 15 is 0 Å². The fraction of sp³-hybridized carbons (Fsp3) is 0.174. The number of aryl methyl sites for hydroxylation is 1. The molecule has 0 atom stereocenters. The fourth-order valence-electron chi connectivity index (χ4n) is 2.92. The number of nitrogens with one attached hydrogen (secondary N) is 1. The van der Waals surface area contributed by atoms with Gasteiger partial charge in [-0.1, -0.05) is 36.4 Å². The zero-order valence-electron chi connectivity index (χ0n) is 16.3. The lowest BCUT2D eigenvalue weighted by Gasteiger charge is -2.16. The van der Waals surface area contributed by atoms with Crippen molar-refractivity contribution in [3.8, 4) is 0 Å². The number of hydrogen-bond donors (Lipinski definition) is 1. The van der Waals surface area contributed by atoms with E-state index in [-0.39, 0.29) is 18.4 Å². The number of likely N-dealkylation sites (N-methyl/N-ethyl adjacent to an activating group) is 1. The predicted octanol–water partition coefficient (Wildman–Crippen LogP) is 3.96. The van der Waals surface area contributed by atoms with Crippen molar-refractivity contribution < 1.29 is 9.59 Å². The molecule has 1 aromatic heterocycles. The molecule has 2 aromatic carbocycles. The number of carbonyl (C=O) groups is 2. The van der Waals surface area contributed by atoms with E-state index in [0.717, 1.165) is 33.3 Å². The van der Waals surface area contributed by atoms with E-state index in [9.17, 15) is 9.59 Å². The standard InChI is InChI=1S/C23H23N3O2/c1-16-7-4-11-20(17(16)2)25-21(27)15-26(3)22(28)13-12-19-9-5-8-18-10-6-14-24-23(18)19/h4-14H,15H2,1-3H3,(H,25,27)/b13-12+. The number of pyridine rings is 1. The third-order valence-corrected chi connectivity index (χ3v) is 4.71. The van der Waals surface area contributed by atoms with Crippen molar-refractivity contribution in [3.05, 3.63) is 77.5 Å². The molecule has 3 aromatic rings. The monoisotopic (exact) mass is 373 g/mol. The highest BCUT2D eigenvalue weighted by Crippen LogP contribution is 2.18. The molecule has 3 rings (SSSR count). The van der Waals surface area contributed by atoms with Crippen molar-refractivity contribution in [3.63, 3.8) is 0 Å². The number of benzene rings is 2. The molecule has 2 amide bonds. The summed E-state index contributed by atoms with van der Waals surface area (Å²) >= 11 is 0. The van der Waals surface area contributed by atoms with Crippen LogP contribution < -0.4 is 5.32 Å². The summed E-state index contributed by atoms with van der Waals surface area (Å²) in [5, 5.41) is 3.88. The molecule has 0 fully saturated rings. The van der Waals surface area contributed by atoms with Gasteiger partial charge in [-0.2, -0.15) is 0 Å². The first kappa shape index (κ1) is 19.3. The van der Waals surface area contributed by atoms with E-state index in [2.05, 4.69) is 10.3 Å². The fourth-order valence-corrected chi connectivity index (χ4v) is 2.92. The van der Waals surface area contributed by atoms with Crippen LogP contribution >= 0.6 is 0 Å². The normalized spacial score (nSPS) is 11.0. The topological polar surface area (TPSA) is 62.3 Å². The molecule has 5 heteroatoms. The summed E-state index contributed by atoms with van der Waals surface area (Å²) in [6.07, 6.45) is 4.93. The smallest absolute Gasteiger partial charge is 0.246 e. The Kier molecular flexibility index (Phi) is 5.84. The Labute approximate surface area is 164 Å². The Bertz CT molecular complexity index is 1050. The summed E-state index contributed by atoms with van der Waals surface area (Å²) in [7, 11) is 1.61. The summed E-state index contributed by atoms with van der Waals surface area (Å²) in [5.74, 6) is -0.478. The molecule has 142 valence electrons. The Hall–Kier alpha value is -3.47. The molecule has 1 heterocycles. The van der Waals surface area contributed by atoms with Crippen LogP contribution in [0, 0.1) is 13.8 Å². The summed E-state index contributed by atoms with van der Waals surface area (Å²) in [6.45, 7) is 3.93. The van der Waals surface area contributed by atoms with Crippen LogP contribution in [0.3, 0.4) is 0 Å². The second-order valence-corrected chi connectivity index (χ2v) is 6.75.